The zero-order chi connectivity index (χ0) is 16.8. The number of hydrogen-bond donors (Lipinski definition) is 2. The van der Waals surface area contributed by atoms with Gasteiger partial charge in [-0.25, -0.2) is 0 Å². The third kappa shape index (κ3) is 5.58. The van der Waals surface area contributed by atoms with Gasteiger partial charge in [0.15, 0.2) is 0 Å². The quantitative estimate of drug-likeness (QED) is 0.734. The Kier molecular flexibility index (Phi) is 6.02. The summed E-state index contributed by atoms with van der Waals surface area (Å²) in [6, 6.07) is 7.09. The number of carbonyl (C=O) groups excluding carboxylic acids is 1. The van der Waals surface area contributed by atoms with Crippen LogP contribution >= 0.6 is 0 Å². The summed E-state index contributed by atoms with van der Waals surface area (Å²) in [6.45, 7) is 4.70. The molecule has 23 heavy (non-hydrogen) atoms. The first-order chi connectivity index (χ1) is 11.0. The van der Waals surface area contributed by atoms with Crippen LogP contribution in [0.5, 0.6) is 5.75 Å². The van der Waals surface area contributed by atoms with E-state index < -0.39 is 11.9 Å². The predicted octanol–water partition coefficient (Wildman–Crippen LogP) is 2.95. The van der Waals surface area contributed by atoms with E-state index in [0.717, 1.165) is 0 Å². The van der Waals surface area contributed by atoms with Crippen LogP contribution in [0.15, 0.2) is 24.3 Å². The zero-order valence-electron chi connectivity index (χ0n) is 13.7. The maximum absolute atomic E-state index is 12.4. The molecule has 1 aromatic carbocycles. The fraction of sp³-hybridized carbons (Fsp3) is 0.556. The van der Waals surface area contributed by atoms with E-state index in [9.17, 15) is 14.7 Å². The number of hydrogen-bond acceptors (Lipinski definition) is 3. The molecule has 2 rings (SSSR count). The normalized spacial score (nSPS) is 15.3. The highest BCUT2D eigenvalue weighted by Crippen LogP contribution is 2.30. The summed E-state index contributed by atoms with van der Waals surface area (Å²) in [5, 5.41) is 12.0. The van der Waals surface area contributed by atoms with Crippen molar-refractivity contribution in [3.63, 3.8) is 0 Å². The van der Waals surface area contributed by atoms with Crippen LogP contribution in [0.25, 0.3) is 0 Å². The number of carboxylic acids is 1. The average molecular weight is 319 g/mol. The molecule has 0 heterocycles. The van der Waals surface area contributed by atoms with Crippen LogP contribution in [0.2, 0.25) is 0 Å². The lowest BCUT2D eigenvalue weighted by Gasteiger charge is -2.16. The van der Waals surface area contributed by atoms with Gasteiger partial charge in [-0.2, -0.15) is 0 Å². The van der Waals surface area contributed by atoms with Crippen LogP contribution in [0.1, 0.15) is 43.5 Å². The van der Waals surface area contributed by atoms with E-state index in [1.165, 1.54) is 12.8 Å². The van der Waals surface area contributed by atoms with Gasteiger partial charge in [-0.3, -0.25) is 9.59 Å². The molecule has 2 N–H and O–H groups in total. The van der Waals surface area contributed by atoms with E-state index in [1.54, 1.807) is 18.2 Å². The molecule has 5 nitrogen and oxygen atoms in total. The van der Waals surface area contributed by atoms with Crippen molar-refractivity contribution in [2.45, 2.75) is 33.1 Å². The van der Waals surface area contributed by atoms with Gasteiger partial charge < -0.3 is 15.2 Å². The molecular formula is C18H25NO4. The molecule has 126 valence electrons. The van der Waals surface area contributed by atoms with E-state index in [-0.39, 0.29) is 18.4 Å². The van der Waals surface area contributed by atoms with Crippen molar-refractivity contribution in [3.05, 3.63) is 29.8 Å². The maximum atomic E-state index is 12.4. The molecule has 0 saturated heterocycles. The van der Waals surface area contributed by atoms with Crippen molar-refractivity contribution >= 4 is 11.9 Å². The van der Waals surface area contributed by atoms with E-state index >= 15 is 0 Å². The topological polar surface area (TPSA) is 75.6 Å². The molecule has 1 amide bonds. The lowest BCUT2D eigenvalue weighted by molar-refractivity contribution is -0.142. The number of aliphatic carboxylic acids is 1. The van der Waals surface area contributed by atoms with Crippen LogP contribution in [-0.4, -0.2) is 30.1 Å². The second-order valence-electron chi connectivity index (χ2n) is 6.63. The van der Waals surface area contributed by atoms with Gasteiger partial charge in [-0.15, -0.1) is 0 Å². The first kappa shape index (κ1) is 17.3. The van der Waals surface area contributed by atoms with Crippen LogP contribution in [-0.2, 0) is 4.79 Å². The Morgan fingerprint density at radius 3 is 2.61 bits per heavy atom. The molecule has 0 aromatic heterocycles. The Morgan fingerprint density at radius 1 is 1.30 bits per heavy atom. The molecule has 1 aliphatic rings. The minimum Gasteiger partial charge on any atom is -0.492 e. The van der Waals surface area contributed by atoms with Gasteiger partial charge >= 0.3 is 5.97 Å². The van der Waals surface area contributed by atoms with Crippen LogP contribution in [0.3, 0.4) is 0 Å². The summed E-state index contributed by atoms with van der Waals surface area (Å²) in [5.41, 5.74) is 0.460. The van der Waals surface area contributed by atoms with Gasteiger partial charge in [0.05, 0.1) is 18.1 Å². The van der Waals surface area contributed by atoms with Crippen molar-refractivity contribution < 1.29 is 19.4 Å². The monoisotopic (exact) mass is 319 g/mol. The van der Waals surface area contributed by atoms with Crippen molar-refractivity contribution in [2.24, 2.45) is 17.8 Å². The molecule has 1 unspecified atom stereocenters. The van der Waals surface area contributed by atoms with Crippen molar-refractivity contribution in [1.82, 2.24) is 5.32 Å². The molecule has 1 saturated carbocycles. The fourth-order valence-corrected chi connectivity index (χ4v) is 2.42. The van der Waals surface area contributed by atoms with E-state index in [0.29, 0.717) is 30.3 Å². The Balaban J connectivity index is 1.94. The zero-order valence-corrected chi connectivity index (χ0v) is 13.7. The van der Waals surface area contributed by atoms with Crippen molar-refractivity contribution in [3.8, 4) is 5.75 Å². The van der Waals surface area contributed by atoms with Gasteiger partial charge in [0.25, 0.3) is 5.91 Å². The first-order valence-electron chi connectivity index (χ1n) is 8.20. The Labute approximate surface area is 137 Å². The number of nitrogens with one attached hydrogen (secondary N) is 1. The standard InChI is InChI=1S/C18H25NO4/c1-12(2)9-14(18(21)22)10-19-17(20)15-5-3-4-6-16(15)23-11-13-7-8-13/h3-6,12-14H,7-11H2,1-2H3,(H,19,20)(H,21,22). The highest BCUT2D eigenvalue weighted by molar-refractivity contribution is 5.97. The van der Waals surface area contributed by atoms with Gasteiger partial charge in [0.1, 0.15) is 5.75 Å². The number of carboxylic acid groups (broad SMARTS) is 1. The summed E-state index contributed by atoms with van der Waals surface area (Å²) >= 11 is 0. The Hall–Kier alpha value is -2.04. The number of rotatable bonds is 9. The minimum atomic E-state index is -0.878. The summed E-state index contributed by atoms with van der Waals surface area (Å²) in [4.78, 5) is 23.6. The molecule has 0 spiro atoms. The SMILES string of the molecule is CC(C)CC(CNC(=O)c1ccccc1OCC1CC1)C(=O)O. The lowest BCUT2D eigenvalue weighted by atomic mass is 9.97. The average Bonchev–Trinajstić information content (AvgIpc) is 3.33. The predicted molar refractivity (Wildman–Crippen MR) is 87.6 cm³/mol. The summed E-state index contributed by atoms with van der Waals surface area (Å²) < 4.78 is 5.72. The minimum absolute atomic E-state index is 0.128. The molecule has 0 bridgehead atoms. The highest BCUT2D eigenvalue weighted by Gasteiger charge is 2.24. The second kappa shape index (κ2) is 7.99. The third-order valence-corrected chi connectivity index (χ3v) is 3.92. The van der Waals surface area contributed by atoms with E-state index in [1.807, 2.05) is 19.9 Å². The van der Waals surface area contributed by atoms with E-state index in [4.69, 9.17) is 4.74 Å². The van der Waals surface area contributed by atoms with Gasteiger partial charge in [-0.05, 0) is 43.2 Å². The molecule has 0 radical (unpaired) electrons. The third-order valence-electron chi connectivity index (χ3n) is 3.92. The molecular weight excluding hydrogens is 294 g/mol. The number of amides is 1. The van der Waals surface area contributed by atoms with Crippen LogP contribution in [0, 0.1) is 17.8 Å². The molecule has 1 aromatic rings. The highest BCUT2D eigenvalue weighted by atomic mass is 16.5. The number of ether oxygens (including phenoxy) is 1. The summed E-state index contributed by atoms with van der Waals surface area (Å²) in [6.07, 6.45) is 2.91. The maximum Gasteiger partial charge on any atom is 0.308 e. The van der Waals surface area contributed by atoms with Gasteiger partial charge in [-0.1, -0.05) is 26.0 Å². The van der Waals surface area contributed by atoms with Crippen molar-refractivity contribution in [1.29, 1.82) is 0 Å². The molecule has 1 fully saturated rings. The van der Waals surface area contributed by atoms with E-state index in [2.05, 4.69) is 5.32 Å². The number of carbonyl (C=O) groups is 2. The lowest BCUT2D eigenvalue weighted by Crippen LogP contribution is -2.33. The first-order valence-corrected chi connectivity index (χ1v) is 8.20. The van der Waals surface area contributed by atoms with Crippen molar-refractivity contribution in [2.75, 3.05) is 13.2 Å². The smallest absolute Gasteiger partial charge is 0.308 e. The van der Waals surface area contributed by atoms with Crippen LogP contribution in [0.4, 0.5) is 0 Å². The fourth-order valence-electron chi connectivity index (χ4n) is 2.42. The second-order valence-corrected chi connectivity index (χ2v) is 6.63. The molecule has 1 atom stereocenters. The number of benzene rings is 1. The molecule has 5 heteroatoms. The molecule has 1 aliphatic carbocycles. The Bertz CT molecular complexity index is 552. The largest absolute Gasteiger partial charge is 0.492 e. The molecule has 0 aliphatic heterocycles. The summed E-state index contributed by atoms with van der Waals surface area (Å²) in [7, 11) is 0. The van der Waals surface area contributed by atoms with Gasteiger partial charge in [0.2, 0.25) is 0 Å². The Morgan fingerprint density at radius 2 is 2.00 bits per heavy atom. The number of para-hydroxylation sites is 1. The van der Waals surface area contributed by atoms with Gasteiger partial charge in [0, 0.05) is 6.54 Å². The summed E-state index contributed by atoms with van der Waals surface area (Å²) in [5.74, 6) is -0.300. The van der Waals surface area contributed by atoms with Crippen LogP contribution < -0.4 is 10.1 Å².